The summed E-state index contributed by atoms with van der Waals surface area (Å²) >= 11 is 0. The molecule has 0 aliphatic heterocycles. The lowest BCUT2D eigenvalue weighted by atomic mass is 10.1. The van der Waals surface area contributed by atoms with Gasteiger partial charge in [0, 0.05) is 17.5 Å². The SMILES string of the molecule is CC(C)(C)OC(=O)CNc1cc(Oc2ccc3cccc(NC(=O)OC(C)(C)C)c3c2)ccc1[N+](=O)[O-]. The molecule has 1 amide bonds. The van der Waals surface area contributed by atoms with Crippen LogP contribution in [0.3, 0.4) is 0 Å². The van der Waals surface area contributed by atoms with Gasteiger partial charge in [0.25, 0.3) is 5.69 Å². The van der Waals surface area contributed by atoms with E-state index < -0.39 is 28.2 Å². The molecule has 0 aliphatic carbocycles. The van der Waals surface area contributed by atoms with Crippen LogP contribution in [0.1, 0.15) is 41.5 Å². The van der Waals surface area contributed by atoms with E-state index in [0.717, 1.165) is 10.8 Å². The molecule has 0 aromatic heterocycles. The monoisotopic (exact) mass is 509 g/mol. The number of benzene rings is 3. The van der Waals surface area contributed by atoms with E-state index >= 15 is 0 Å². The van der Waals surface area contributed by atoms with Crippen molar-refractivity contribution in [3.05, 3.63) is 64.7 Å². The molecule has 10 nitrogen and oxygen atoms in total. The van der Waals surface area contributed by atoms with Gasteiger partial charge in [-0.2, -0.15) is 0 Å². The van der Waals surface area contributed by atoms with Crippen molar-refractivity contribution in [3.8, 4) is 11.5 Å². The first-order chi connectivity index (χ1) is 17.2. The molecule has 196 valence electrons. The maximum atomic E-state index is 12.3. The highest BCUT2D eigenvalue weighted by Crippen LogP contribution is 2.34. The Morgan fingerprint density at radius 2 is 1.51 bits per heavy atom. The quantitative estimate of drug-likeness (QED) is 0.206. The Bertz CT molecular complexity index is 1320. The summed E-state index contributed by atoms with van der Waals surface area (Å²) < 4.78 is 16.6. The van der Waals surface area contributed by atoms with Crippen LogP contribution in [0, 0.1) is 10.1 Å². The highest BCUT2D eigenvalue weighted by molar-refractivity contribution is 6.00. The second-order valence-electron chi connectivity index (χ2n) is 10.3. The van der Waals surface area contributed by atoms with Crippen LogP contribution in [0.2, 0.25) is 0 Å². The average Bonchev–Trinajstić information content (AvgIpc) is 2.75. The lowest BCUT2D eigenvalue weighted by Gasteiger charge is -2.20. The fourth-order valence-electron chi connectivity index (χ4n) is 3.40. The van der Waals surface area contributed by atoms with Crippen molar-refractivity contribution in [2.24, 2.45) is 0 Å². The van der Waals surface area contributed by atoms with E-state index in [4.69, 9.17) is 14.2 Å². The summed E-state index contributed by atoms with van der Waals surface area (Å²) in [6, 6.07) is 15.0. The summed E-state index contributed by atoms with van der Waals surface area (Å²) in [7, 11) is 0. The first-order valence-corrected chi connectivity index (χ1v) is 11.6. The molecule has 0 fully saturated rings. The summed E-state index contributed by atoms with van der Waals surface area (Å²) in [6.07, 6.45) is -0.581. The molecule has 37 heavy (non-hydrogen) atoms. The molecule has 0 unspecified atom stereocenters. The summed E-state index contributed by atoms with van der Waals surface area (Å²) in [6.45, 7) is 10.3. The smallest absolute Gasteiger partial charge is 0.412 e. The molecule has 0 heterocycles. The van der Waals surface area contributed by atoms with Gasteiger partial charge < -0.3 is 19.5 Å². The second-order valence-corrected chi connectivity index (χ2v) is 10.3. The number of carbonyl (C=O) groups excluding carboxylic acids is 2. The van der Waals surface area contributed by atoms with Crippen LogP contribution in [0.4, 0.5) is 21.9 Å². The number of carbonyl (C=O) groups is 2. The fourth-order valence-corrected chi connectivity index (χ4v) is 3.40. The molecule has 2 N–H and O–H groups in total. The third-order valence-corrected chi connectivity index (χ3v) is 4.73. The molecule has 0 radical (unpaired) electrons. The number of nitrogens with one attached hydrogen (secondary N) is 2. The Hall–Kier alpha value is -4.34. The standard InChI is InChI=1S/C27H31N3O7/c1-26(2,3)36-24(31)16-28-22-15-19(12-13-23(22)30(33)34)35-18-11-10-17-8-7-9-21(20(17)14-18)29-25(32)37-27(4,5)6/h7-15,28H,16H2,1-6H3,(H,29,32). The Labute approximate surface area is 215 Å². The average molecular weight is 510 g/mol. The fraction of sp³-hybridized carbons (Fsp3) is 0.333. The van der Waals surface area contributed by atoms with Crippen LogP contribution in [-0.2, 0) is 14.3 Å². The minimum Gasteiger partial charge on any atom is -0.459 e. The number of hydrogen-bond donors (Lipinski definition) is 2. The van der Waals surface area contributed by atoms with Crippen LogP contribution < -0.4 is 15.4 Å². The molecular formula is C27H31N3O7. The maximum Gasteiger partial charge on any atom is 0.412 e. The number of rotatable bonds is 7. The van der Waals surface area contributed by atoms with Crippen molar-refractivity contribution in [2.75, 3.05) is 17.2 Å². The zero-order valence-corrected chi connectivity index (χ0v) is 21.7. The summed E-state index contributed by atoms with van der Waals surface area (Å²) in [5.41, 5.74) is -0.878. The van der Waals surface area contributed by atoms with Gasteiger partial charge in [-0.3, -0.25) is 20.2 Å². The van der Waals surface area contributed by atoms with Crippen molar-refractivity contribution in [1.29, 1.82) is 0 Å². The molecule has 3 aromatic carbocycles. The third kappa shape index (κ3) is 8.09. The van der Waals surface area contributed by atoms with E-state index in [-0.39, 0.29) is 17.9 Å². The number of fused-ring (bicyclic) bond motifs is 1. The van der Waals surface area contributed by atoms with E-state index in [1.807, 2.05) is 18.2 Å². The van der Waals surface area contributed by atoms with Gasteiger partial charge in [-0.1, -0.05) is 18.2 Å². The van der Waals surface area contributed by atoms with E-state index in [9.17, 15) is 19.7 Å². The largest absolute Gasteiger partial charge is 0.459 e. The number of ether oxygens (including phenoxy) is 3. The molecule has 0 aliphatic rings. The first kappa shape index (κ1) is 27.3. The number of hydrogen-bond acceptors (Lipinski definition) is 8. The number of nitro groups is 1. The zero-order valence-electron chi connectivity index (χ0n) is 21.7. The zero-order chi connectivity index (χ0) is 27.4. The lowest BCUT2D eigenvalue weighted by Crippen LogP contribution is -2.28. The van der Waals surface area contributed by atoms with Gasteiger partial charge in [0.2, 0.25) is 0 Å². The molecule has 3 aromatic rings. The number of esters is 1. The van der Waals surface area contributed by atoms with Crippen molar-refractivity contribution < 1.29 is 28.7 Å². The van der Waals surface area contributed by atoms with E-state index in [1.165, 1.54) is 18.2 Å². The van der Waals surface area contributed by atoms with Gasteiger partial charge in [0.1, 0.15) is 34.9 Å². The van der Waals surface area contributed by atoms with Gasteiger partial charge in [-0.05, 0) is 71.2 Å². The highest BCUT2D eigenvalue weighted by atomic mass is 16.6. The van der Waals surface area contributed by atoms with Gasteiger partial charge in [0.05, 0.1) is 10.6 Å². The maximum absolute atomic E-state index is 12.3. The van der Waals surface area contributed by atoms with Crippen LogP contribution in [0.15, 0.2) is 54.6 Å². The normalized spacial score (nSPS) is 11.5. The first-order valence-electron chi connectivity index (χ1n) is 11.6. The van der Waals surface area contributed by atoms with Gasteiger partial charge in [-0.15, -0.1) is 0 Å². The molecule has 0 bridgehead atoms. The minimum atomic E-state index is -0.678. The van der Waals surface area contributed by atoms with Gasteiger partial charge in [-0.25, -0.2) is 4.79 Å². The van der Waals surface area contributed by atoms with Gasteiger partial charge in [0.15, 0.2) is 0 Å². The van der Waals surface area contributed by atoms with Crippen LogP contribution in [0.5, 0.6) is 11.5 Å². The number of nitrogens with zero attached hydrogens (tertiary/aromatic N) is 1. The molecule has 0 saturated heterocycles. The van der Waals surface area contributed by atoms with Crippen molar-refractivity contribution in [3.63, 3.8) is 0 Å². The summed E-state index contributed by atoms with van der Waals surface area (Å²) in [5, 5.41) is 18.6. The number of amides is 1. The Morgan fingerprint density at radius 1 is 0.865 bits per heavy atom. The predicted molar refractivity (Wildman–Crippen MR) is 141 cm³/mol. The molecule has 10 heteroatoms. The van der Waals surface area contributed by atoms with E-state index in [1.54, 1.807) is 59.7 Å². The summed E-state index contributed by atoms with van der Waals surface area (Å²) in [5.74, 6) is 0.208. The molecule has 3 rings (SSSR count). The molecule has 0 spiro atoms. The Kier molecular flexibility index (Phi) is 7.90. The van der Waals surface area contributed by atoms with Gasteiger partial charge >= 0.3 is 12.1 Å². The topological polar surface area (TPSA) is 129 Å². The van der Waals surface area contributed by atoms with Crippen LogP contribution in [0.25, 0.3) is 10.8 Å². The van der Waals surface area contributed by atoms with Crippen molar-refractivity contribution in [2.45, 2.75) is 52.7 Å². The van der Waals surface area contributed by atoms with Crippen molar-refractivity contribution >= 4 is 39.9 Å². The molecular weight excluding hydrogens is 478 g/mol. The van der Waals surface area contributed by atoms with E-state index in [2.05, 4.69) is 10.6 Å². The van der Waals surface area contributed by atoms with Crippen LogP contribution in [-0.4, -0.2) is 34.7 Å². The number of nitro benzene ring substituents is 1. The third-order valence-electron chi connectivity index (χ3n) is 4.73. The lowest BCUT2D eigenvalue weighted by molar-refractivity contribution is -0.384. The predicted octanol–water partition coefficient (Wildman–Crippen LogP) is 6.64. The van der Waals surface area contributed by atoms with E-state index in [0.29, 0.717) is 17.2 Å². The van der Waals surface area contributed by atoms with Crippen LogP contribution >= 0.6 is 0 Å². The molecule has 0 atom stereocenters. The Morgan fingerprint density at radius 3 is 2.16 bits per heavy atom. The Balaban J connectivity index is 1.84. The second kappa shape index (κ2) is 10.7. The highest BCUT2D eigenvalue weighted by Gasteiger charge is 2.20. The summed E-state index contributed by atoms with van der Waals surface area (Å²) in [4.78, 5) is 35.3. The molecule has 0 saturated carbocycles. The number of anilines is 2. The van der Waals surface area contributed by atoms with Crippen molar-refractivity contribution in [1.82, 2.24) is 0 Å². The minimum absolute atomic E-state index is 0.112.